The first-order valence-corrected chi connectivity index (χ1v) is 6.56. The van der Waals surface area contributed by atoms with Crippen LogP contribution in [-0.4, -0.2) is 11.6 Å². The average Bonchev–Trinajstić information content (AvgIpc) is 2.34. The lowest BCUT2D eigenvalue weighted by molar-refractivity contribution is -0.388. The van der Waals surface area contributed by atoms with E-state index in [1.165, 1.54) is 5.39 Å². The number of esters is 1. The van der Waals surface area contributed by atoms with Crippen molar-refractivity contribution >= 4 is 16.7 Å². The largest absolute Gasteiger partial charge is 1.00 e. The number of aromatic amines is 1. The summed E-state index contributed by atoms with van der Waals surface area (Å²) >= 11 is 0. The highest BCUT2D eigenvalue weighted by atomic mass is 127. The summed E-state index contributed by atoms with van der Waals surface area (Å²) in [6.45, 7) is 5.65. The Labute approximate surface area is 136 Å². The van der Waals surface area contributed by atoms with Gasteiger partial charge in [0.15, 0.2) is 11.9 Å². The molecule has 0 atom stereocenters. The third-order valence-corrected chi connectivity index (χ3v) is 2.81. The maximum Gasteiger partial charge on any atom is 0.306 e. The molecule has 2 rings (SSSR count). The Bertz CT molecular complexity index is 585. The van der Waals surface area contributed by atoms with Gasteiger partial charge in [-0.25, -0.2) is 4.98 Å². The molecule has 2 aromatic rings. The van der Waals surface area contributed by atoms with Crippen molar-refractivity contribution in [3.8, 4) is 0 Å². The van der Waals surface area contributed by atoms with Crippen LogP contribution in [0.4, 0.5) is 0 Å². The summed E-state index contributed by atoms with van der Waals surface area (Å²) < 4.78 is 5.32. The van der Waals surface area contributed by atoms with Gasteiger partial charge in [0, 0.05) is 17.9 Å². The first-order chi connectivity index (χ1) is 8.96. The maximum absolute atomic E-state index is 11.7. The second-order valence-corrected chi connectivity index (χ2v) is 5.63. The Morgan fingerprint density at radius 1 is 1.20 bits per heavy atom. The number of ether oxygens (including phenoxy) is 1. The topological polar surface area (TPSA) is 40.4 Å². The third kappa shape index (κ3) is 4.74. The fraction of sp³-hybridized carbons (Fsp3) is 0.375. The van der Waals surface area contributed by atoms with Crippen LogP contribution < -0.4 is 29.0 Å². The fourth-order valence-corrected chi connectivity index (χ4v) is 2.05. The van der Waals surface area contributed by atoms with Crippen LogP contribution in [0.3, 0.4) is 0 Å². The van der Waals surface area contributed by atoms with E-state index in [9.17, 15) is 4.79 Å². The second kappa shape index (κ2) is 7.02. The van der Waals surface area contributed by atoms with Gasteiger partial charge in [0.1, 0.15) is 5.60 Å². The highest BCUT2D eigenvalue weighted by molar-refractivity contribution is 5.83. The van der Waals surface area contributed by atoms with E-state index in [1.54, 1.807) is 0 Å². The van der Waals surface area contributed by atoms with Gasteiger partial charge in [-0.15, -0.1) is 0 Å². The fourth-order valence-electron chi connectivity index (χ4n) is 2.05. The van der Waals surface area contributed by atoms with Crippen molar-refractivity contribution in [2.45, 2.75) is 39.2 Å². The van der Waals surface area contributed by atoms with Gasteiger partial charge in [-0.3, -0.25) is 4.79 Å². The second-order valence-electron chi connectivity index (χ2n) is 5.63. The van der Waals surface area contributed by atoms with Crippen molar-refractivity contribution in [1.82, 2.24) is 0 Å². The van der Waals surface area contributed by atoms with Gasteiger partial charge in [-0.2, -0.15) is 0 Å². The number of fused-ring (bicyclic) bond motifs is 1. The zero-order valence-electron chi connectivity index (χ0n) is 12.1. The maximum atomic E-state index is 11.7. The molecule has 20 heavy (non-hydrogen) atoms. The Morgan fingerprint density at radius 3 is 2.60 bits per heavy atom. The van der Waals surface area contributed by atoms with Gasteiger partial charge in [-0.05, 0) is 32.2 Å². The highest BCUT2D eigenvalue weighted by Gasteiger charge is 2.17. The molecule has 0 aliphatic rings. The molecule has 0 aliphatic carbocycles. The minimum atomic E-state index is -0.417. The number of carbonyl (C=O) groups is 1. The standard InChI is InChI=1S/C16H19NO2.HI/c1-16(2,3)19-15(18)9-8-14-13-7-5-4-6-12(13)10-11-17-14;/h4-7,10-11H,8-9H2,1-3H3;1H. The molecule has 0 saturated heterocycles. The molecular formula is C16H20INO2. The molecule has 1 aromatic heterocycles. The molecule has 0 unspecified atom stereocenters. The van der Waals surface area contributed by atoms with Crippen LogP contribution in [0.2, 0.25) is 0 Å². The molecule has 108 valence electrons. The van der Waals surface area contributed by atoms with E-state index in [1.807, 2.05) is 45.2 Å². The van der Waals surface area contributed by atoms with Crippen LogP contribution in [0.25, 0.3) is 10.8 Å². The predicted molar refractivity (Wildman–Crippen MR) is 74.7 cm³/mol. The predicted octanol–water partition coefficient (Wildman–Crippen LogP) is -0.0678. The van der Waals surface area contributed by atoms with Crippen LogP contribution in [0.1, 0.15) is 32.9 Å². The SMILES string of the molecule is CC(C)(C)OC(=O)CCc1[nH+]ccc2ccccc12.[I-]. The molecule has 0 spiro atoms. The molecule has 0 bridgehead atoms. The molecule has 1 aromatic carbocycles. The van der Waals surface area contributed by atoms with Crippen molar-refractivity contribution < 1.29 is 38.5 Å². The Morgan fingerprint density at radius 2 is 1.90 bits per heavy atom. The molecule has 4 heteroatoms. The van der Waals surface area contributed by atoms with Gasteiger partial charge in [0.25, 0.3) is 0 Å². The summed E-state index contributed by atoms with van der Waals surface area (Å²) in [4.78, 5) is 15.0. The van der Waals surface area contributed by atoms with Crippen molar-refractivity contribution in [1.29, 1.82) is 0 Å². The lowest BCUT2D eigenvalue weighted by Crippen LogP contribution is -3.00. The van der Waals surface area contributed by atoms with Crippen LogP contribution in [0, 0.1) is 0 Å². The van der Waals surface area contributed by atoms with Gasteiger partial charge >= 0.3 is 5.97 Å². The lowest BCUT2D eigenvalue weighted by Gasteiger charge is -2.19. The summed E-state index contributed by atoms with van der Waals surface area (Å²) in [5.74, 6) is -0.158. The van der Waals surface area contributed by atoms with Gasteiger partial charge < -0.3 is 28.7 Å². The van der Waals surface area contributed by atoms with Crippen molar-refractivity contribution in [3.05, 3.63) is 42.2 Å². The van der Waals surface area contributed by atoms with E-state index in [0.29, 0.717) is 12.8 Å². The quantitative estimate of drug-likeness (QED) is 0.549. The molecular weight excluding hydrogens is 365 g/mol. The van der Waals surface area contributed by atoms with Crippen molar-refractivity contribution in [2.75, 3.05) is 0 Å². The first kappa shape index (κ1) is 16.9. The van der Waals surface area contributed by atoms with E-state index in [4.69, 9.17) is 4.74 Å². The Hall–Kier alpha value is -1.17. The molecule has 0 fully saturated rings. The molecule has 0 amide bonds. The van der Waals surface area contributed by atoms with Crippen LogP contribution in [0.15, 0.2) is 36.5 Å². The number of nitrogens with one attached hydrogen (secondary N) is 1. The number of aromatic nitrogens is 1. The summed E-state index contributed by atoms with van der Waals surface area (Å²) in [5, 5.41) is 2.34. The highest BCUT2D eigenvalue weighted by Crippen LogP contribution is 2.16. The van der Waals surface area contributed by atoms with E-state index in [2.05, 4.69) is 17.1 Å². The van der Waals surface area contributed by atoms with Crippen molar-refractivity contribution in [3.63, 3.8) is 0 Å². The molecule has 0 saturated carbocycles. The number of pyridine rings is 1. The minimum absolute atomic E-state index is 0. The molecule has 1 N–H and O–H groups in total. The average molecular weight is 385 g/mol. The van der Waals surface area contributed by atoms with E-state index in [0.717, 1.165) is 11.1 Å². The van der Waals surface area contributed by atoms with Crippen molar-refractivity contribution in [2.24, 2.45) is 0 Å². The van der Waals surface area contributed by atoms with E-state index < -0.39 is 5.60 Å². The monoisotopic (exact) mass is 385 g/mol. The normalized spacial score (nSPS) is 10.9. The summed E-state index contributed by atoms with van der Waals surface area (Å²) in [6.07, 6.45) is 2.96. The summed E-state index contributed by atoms with van der Waals surface area (Å²) in [5.41, 5.74) is 0.656. The zero-order chi connectivity index (χ0) is 13.9. The number of aryl methyl sites for hydroxylation is 1. The number of hydrogen-bond acceptors (Lipinski definition) is 2. The number of benzene rings is 1. The number of halogens is 1. The number of rotatable bonds is 3. The Kier molecular flexibility index (Phi) is 5.92. The summed E-state index contributed by atoms with van der Waals surface area (Å²) in [7, 11) is 0. The zero-order valence-corrected chi connectivity index (χ0v) is 14.2. The van der Waals surface area contributed by atoms with Gasteiger partial charge in [0.2, 0.25) is 0 Å². The number of carbonyl (C=O) groups excluding carboxylic acids is 1. The van der Waals surface area contributed by atoms with Gasteiger partial charge in [-0.1, -0.05) is 18.2 Å². The van der Waals surface area contributed by atoms with Crippen LogP contribution in [0.5, 0.6) is 0 Å². The van der Waals surface area contributed by atoms with Crippen LogP contribution >= 0.6 is 0 Å². The molecule has 0 radical (unpaired) electrons. The number of H-pyrrole nitrogens is 1. The first-order valence-electron chi connectivity index (χ1n) is 6.56. The smallest absolute Gasteiger partial charge is 0.306 e. The molecule has 1 heterocycles. The molecule has 3 nitrogen and oxygen atoms in total. The van der Waals surface area contributed by atoms with E-state index in [-0.39, 0.29) is 29.9 Å². The minimum Gasteiger partial charge on any atom is -1.00 e. The van der Waals surface area contributed by atoms with Crippen LogP contribution in [-0.2, 0) is 16.0 Å². The summed E-state index contributed by atoms with van der Waals surface area (Å²) in [6, 6.07) is 10.2. The van der Waals surface area contributed by atoms with E-state index >= 15 is 0 Å². The van der Waals surface area contributed by atoms with Gasteiger partial charge in [0.05, 0.1) is 6.42 Å². The Balaban J connectivity index is 0.00000200. The third-order valence-electron chi connectivity index (χ3n) is 2.81. The lowest BCUT2D eigenvalue weighted by atomic mass is 10.1. The molecule has 0 aliphatic heterocycles. The number of hydrogen-bond donors (Lipinski definition) is 0.